The monoisotopic (exact) mass is 474 g/mol. The summed E-state index contributed by atoms with van der Waals surface area (Å²) in [4.78, 5) is 18.0. The molecule has 186 valence electrons. The third kappa shape index (κ3) is 7.15. The number of pyridine rings is 1. The number of hydrogen-bond donors (Lipinski definition) is 1. The van der Waals surface area contributed by atoms with E-state index in [1.54, 1.807) is 18.2 Å². The van der Waals surface area contributed by atoms with Gasteiger partial charge in [0.1, 0.15) is 0 Å². The van der Waals surface area contributed by atoms with Crippen LogP contribution in [-0.4, -0.2) is 46.9 Å². The van der Waals surface area contributed by atoms with Gasteiger partial charge in [-0.2, -0.15) is 0 Å². The van der Waals surface area contributed by atoms with E-state index >= 15 is 0 Å². The fourth-order valence-corrected chi connectivity index (χ4v) is 4.66. The summed E-state index contributed by atoms with van der Waals surface area (Å²) in [5.74, 6) is 0.0144. The largest absolute Gasteiger partial charge is 0.465 e. The lowest BCUT2D eigenvalue weighted by Crippen LogP contribution is -2.47. The van der Waals surface area contributed by atoms with Crippen LogP contribution in [0.1, 0.15) is 55.4 Å². The molecule has 0 saturated carbocycles. The van der Waals surface area contributed by atoms with Crippen molar-refractivity contribution in [3.05, 3.63) is 89.2 Å². The summed E-state index contributed by atoms with van der Waals surface area (Å²) in [6.07, 6.45) is 5.41. The van der Waals surface area contributed by atoms with Gasteiger partial charge in [0.25, 0.3) is 0 Å². The second-order valence-electron chi connectivity index (χ2n) is 10.2. The third-order valence-corrected chi connectivity index (χ3v) is 6.48. The Kier molecular flexibility index (Phi) is 9.05. The summed E-state index contributed by atoms with van der Waals surface area (Å²) in [5, 5.41) is 9.96. The molecule has 2 aromatic carbocycles. The predicted molar refractivity (Wildman–Crippen MR) is 142 cm³/mol. The van der Waals surface area contributed by atoms with Crippen LogP contribution in [-0.2, 0) is 17.6 Å². The standard InChI is InChI=1S/C30H38N2O3/c1-22-18-25(28-13-7-6-11-24(28)12-9-17-35-5)14-15-27(22)26(19-23-10-8-16-31-20-23)21-32(29(33)34)30(2,3)4/h6-8,10-11,13-16,18,20,26H,9,12,17,19,21H2,1-5H3,(H,33,34). The van der Waals surface area contributed by atoms with E-state index in [1.165, 1.54) is 27.8 Å². The van der Waals surface area contributed by atoms with Crippen molar-refractivity contribution in [3.63, 3.8) is 0 Å². The lowest BCUT2D eigenvalue weighted by molar-refractivity contribution is 0.0956. The van der Waals surface area contributed by atoms with Crippen LogP contribution in [0.5, 0.6) is 0 Å². The van der Waals surface area contributed by atoms with Gasteiger partial charge >= 0.3 is 6.09 Å². The van der Waals surface area contributed by atoms with Gasteiger partial charge in [0.15, 0.2) is 0 Å². The van der Waals surface area contributed by atoms with Gasteiger partial charge in [-0.15, -0.1) is 0 Å². The van der Waals surface area contributed by atoms with E-state index in [9.17, 15) is 9.90 Å². The molecule has 0 fully saturated rings. The molecule has 35 heavy (non-hydrogen) atoms. The molecule has 0 bridgehead atoms. The van der Waals surface area contributed by atoms with Gasteiger partial charge in [0.05, 0.1) is 0 Å². The van der Waals surface area contributed by atoms with Crippen molar-refractivity contribution in [3.8, 4) is 11.1 Å². The maximum absolute atomic E-state index is 12.1. The molecular formula is C30H38N2O3. The van der Waals surface area contributed by atoms with E-state index in [0.29, 0.717) is 6.54 Å². The van der Waals surface area contributed by atoms with Crippen LogP contribution in [0, 0.1) is 6.92 Å². The van der Waals surface area contributed by atoms with E-state index in [0.717, 1.165) is 31.4 Å². The molecule has 1 heterocycles. The number of amides is 1. The fourth-order valence-electron chi connectivity index (χ4n) is 4.66. The summed E-state index contributed by atoms with van der Waals surface area (Å²) >= 11 is 0. The molecule has 1 aromatic heterocycles. The Bertz CT molecular complexity index is 1110. The molecule has 5 nitrogen and oxygen atoms in total. The number of hydrogen-bond acceptors (Lipinski definition) is 3. The first-order chi connectivity index (χ1) is 16.7. The van der Waals surface area contributed by atoms with Crippen molar-refractivity contribution in [1.29, 1.82) is 0 Å². The van der Waals surface area contributed by atoms with Crippen molar-refractivity contribution in [2.75, 3.05) is 20.3 Å². The van der Waals surface area contributed by atoms with Gasteiger partial charge < -0.3 is 14.7 Å². The van der Waals surface area contributed by atoms with Crippen LogP contribution in [0.4, 0.5) is 4.79 Å². The number of nitrogens with zero attached hydrogens (tertiary/aromatic N) is 2. The van der Waals surface area contributed by atoms with Crippen molar-refractivity contribution >= 4 is 6.09 Å². The zero-order valence-corrected chi connectivity index (χ0v) is 21.6. The summed E-state index contributed by atoms with van der Waals surface area (Å²) in [7, 11) is 1.74. The molecule has 5 heteroatoms. The normalized spacial score (nSPS) is 12.4. The zero-order chi connectivity index (χ0) is 25.4. The number of aryl methyl sites for hydroxylation is 2. The van der Waals surface area contributed by atoms with E-state index in [4.69, 9.17) is 4.74 Å². The van der Waals surface area contributed by atoms with Gasteiger partial charge in [-0.3, -0.25) is 4.98 Å². The molecule has 0 spiro atoms. The highest BCUT2D eigenvalue weighted by Gasteiger charge is 2.30. The topological polar surface area (TPSA) is 62.7 Å². The molecule has 1 amide bonds. The summed E-state index contributed by atoms with van der Waals surface area (Å²) in [6, 6.07) is 19.1. The number of rotatable bonds is 10. The molecule has 0 aliphatic carbocycles. The molecule has 1 N–H and O–H groups in total. The number of carboxylic acid groups (broad SMARTS) is 1. The van der Waals surface area contributed by atoms with E-state index < -0.39 is 11.6 Å². The molecular weight excluding hydrogens is 436 g/mol. The number of ether oxygens (including phenoxy) is 1. The van der Waals surface area contributed by atoms with E-state index in [1.807, 2.05) is 33.0 Å². The average molecular weight is 475 g/mol. The Morgan fingerprint density at radius 2 is 1.89 bits per heavy atom. The maximum Gasteiger partial charge on any atom is 0.407 e. The number of aromatic nitrogens is 1. The van der Waals surface area contributed by atoms with Gasteiger partial charge in [-0.25, -0.2) is 4.79 Å². The number of methoxy groups -OCH3 is 1. The highest BCUT2D eigenvalue weighted by atomic mass is 16.5. The van der Waals surface area contributed by atoms with E-state index in [2.05, 4.69) is 60.4 Å². The van der Waals surface area contributed by atoms with Crippen LogP contribution in [0.2, 0.25) is 0 Å². The summed E-state index contributed by atoms with van der Waals surface area (Å²) in [5.41, 5.74) is 6.69. The quantitative estimate of drug-likeness (QED) is 0.331. The van der Waals surface area contributed by atoms with Gasteiger partial charge in [-0.1, -0.05) is 48.5 Å². The minimum Gasteiger partial charge on any atom is -0.465 e. The van der Waals surface area contributed by atoms with E-state index in [-0.39, 0.29) is 5.92 Å². The highest BCUT2D eigenvalue weighted by Crippen LogP contribution is 2.32. The molecule has 3 aromatic rings. The average Bonchev–Trinajstić information content (AvgIpc) is 2.82. The molecule has 0 aliphatic rings. The van der Waals surface area contributed by atoms with Crippen molar-refractivity contribution in [1.82, 2.24) is 9.88 Å². The van der Waals surface area contributed by atoms with Gasteiger partial charge in [0.2, 0.25) is 0 Å². The fraction of sp³-hybridized carbons (Fsp3) is 0.400. The van der Waals surface area contributed by atoms with Crippen molar-refractivity contribution in [2.24, 2.45) is 0 Å². The molecule has 0 radical (unpaired) electrons. The third-order valence-electron chi connectivity index (χ3n) is 6.48. The smallest absolute Gasteiger partial charge is 0.407 e. The van der Waals surface area contributed by atoms with Crippen LogP contribution in [0.15, 0.2) is 67.0 Å². The Morgan fingerprint density at radius 1 is 1.11 bits per heavy atom. The molecule has 0 saturated heterocycles. The van der Waals surface area contributed by atoms with Crippen molar-refractivity contribution < 1.29 is 14.6 Å². The second kappa shape index (κ2) is 12.0. The SMILES string of the molecule is COCCCc1ccccc1-c1ccc(C(Cc2cccnc2)CN(C(=O)O)C(C)(C)C)c(C)c1. The Hall–Kier alpha value is -3.18. The summed E-state index contributed by atoms with van der Waals surface area (Å²) in [6.45, 7) is 9.12. The lowest BCUT2D eigenvalue weighted by Gasteiger charge is -2.36. The minimum atomic E-state index is -0.895. The summed E-state index contributed by atoms with van der Waals surface area (Å²) < 4.78 is 5.24. The van der Waals surface area contributed by atoms with Crippen LogP contribution < -0.4 is 0 Å². The zero-order valence-electron chi connectivity index (χ0n) is 21.6. The highest BCUT2D eigenvalue weighted by molar-refractivity contribution is 5.69. The first kappa shape index (κ1) is 26.4. The second-order valence-corrected chi connectivity index (χ2v) is 10.2. The van der Waals surface area contributed by atoms with Crippen LogP contribution in [0.25, 0.3) is 11.1 Å². The minimum absolute atomic E-state index is 0.0144. The van der Waals surface area contributed by atoms with Gasteiger partial charge in [-0.05, 0) is 86.4 Å². The first-order valence-corrected chi connectivity index (χ1v) is 12.3. The first-order valence-electron chi connectivity index (χ1n) is 12.3. The van der Waals surface area contributed by atoms with Crippen LogP contribution in [0.3, 0.4) is 0 Å². The maximum atomic E-state index is 12.1. The molecule has 3 rings (SSSR count). The predicted octanol–water partition coefficient (Wildman–Crippen LogP) is 6.74. The number of benzene rings is 2. The molecule has 1 atom stereocenters. The lowest BCUT2D eigenvalue weighted by atomic mass is 9.86. The van der Waals surface area contributed by atoms with Gasteiger partial charge in [0, 0.05) is 44.1 Å². The Balaban J connectivity index is 1.96. The Labute approximate surface area is 209 Å². The van der Waals surface area contributed by atoms with Crippen molar-refractivity contribution in [2.45, 2.75) is 58.4 Å². The van der Waals surface area contributed by atoms with Crippen LogP contribution >= 0.6 is 0 Å². The number of carbonyl (C=O) groups is 1. The molecule has 1 unspecified atom stereocenters. The molecule has 0 aliphatic heterocycles. The Morgan fingerprint density at radius 3 is 2.51 bits per heavy atom.